The first-order chi connectivity index (χ1) is 9.84. The number of pyridine rings is 1. The highest BCUT2D eigenvalue weighted by atomic mass is 79.9. The third kappa shape index (κ3) is 3.33. The van der Waals surface area contributed by atoms with Gasteiger partial charge in [0.1, 0.15) is 0 Å². The summed E-state index contributed by atoms with van der Waals surface area (Å²) < 4.78 is 27.5. The van der Waals surface area contributed by atoms with Gasteiger partial charge in [0.25, 0.3) is 0 Å². The highest BCUT2D eigenvalue weighted by Gasteiger charge is 2.28. The lowest BCUT2D eigenvalue weighted by molar-refractivity contribution is 0.398. The molecule has 1 unspecified atom stereocenters. The van der Waals surface area contributed by atoms with E-state index in [4.69, 9.17) is 0 Å². The summed E-state index contributed by atoms with van der Waals surface area (Å²) in [6.45, 7) is 3.78. The van der Waals surface area contributed by atoms with Gasteiger partial charge in [-0.3, -0.25) is 4.98 Å². The van der Waals surface area contributed by atoms with Crippen LogP contribution in [0, 0.1) is 6.92 Å². The van der Waals surface area contributed by atoms with Gasteiger partial charge in [0.15, 0.2) is 0 Å². The summed E-state index contributed by atoms with van der Waals surface area (Å²) in [4.78, 5) is 4.23. The molecule has 0 saturated carbocycles. The molecule has 0 radical (unpaired) electrons. The number of sulfonamides is 1. The number of rotatable bonds is 4. The fraction of sp³-hybridized carbons (Fsp3) is 0.267. The minimum atomic E-state index is -3.57. The second-order valence-corrected chi connectivity index (χ2v) is 7.73. The van der Waals surface area contributed by atoms with Crippen LogP contribution in [0.5, 0.6) is 0 Å². The van der Waals surface area contributed by atoms with Crippen LogP contribution < -0.4 is 0 Å². The first kappa shape index (κ1) is 16.1. The molecule has 0 saturated heterocycles. The van der Waals surface area contributed by atoms with Crippen LogP contribution in [0.3, 0.4) is 0 Å². The van der Waals surface area contributed by atoms with Crippen molar-refractivity contribution in [2.24, 2.45) is 0 Å². The van der Waals surface area contributed by atoms with Gasteiger partial charge in [-0.25, -0.2) is 8.42 Å². The number of benzene rings is 1. The Bertz CT molecular complexity index is 733. The van der Waals surface area contributed by atoms with Crippen LogP contribution in [0.15, 0.2) is 52.1 Å². The lowest BCUT2D eigenvalue weighted by atomic mass is 10.1. The molecule has 6 heteroatoms. The molecule has 112 valence electrons. The molecule has 2 rings (SSSR count). The van der Waals surface area contributed by atoms with Crippen LogP contribution in [-0.4, -0.2) is 24.8 Å². The molecule has 0 aliphatic heterocycles. The smallest absolute Gasteiger partial charge is 0.244 e. The summed E-state index contributed by atoms with van der Waals surface area (Å²) in [5.41, 5.74) is 1.91. The van der Waals surface area contributed by atoms with E-state index in [1.165, 1.54) is 4.31 Å². The third-order valence-electron chi connectivity index (χ3n) is 3.48. The van der Waals surface area contributed by atoms with Crippen molar-refractivity contribution >= 4 is 26.0 Å². The van der Waals surface area contributed by atoms with Gasteiger partial charge in [0.05, 0.1) is 4.90 Å². The van der Waals surface area contributed by atoms with Crippen molar-refractivity contribution in [2.75, 3.05) is 7.05 Å². The Hall–Kier alpha value is -1.24. The lowest BCUT2D eigenvalue weighted by Gasteiger charge is -2.25. The predicted molar refractivity (Wildman–Crippen MR) is 86.5 cm³/mol. The van der Waals surface area contributed by atoms with E-state index in [1.807, 2.05) is 26.0 Å². The molecular formula is C15H17BrN2O2S. The zero-order chi connectivity index (χ0) is 15.6. The maximum Gasteiger partial charge on any atom is 0.244 e. The quantitative estimate of drug-likeness (QED) is 0.829. The Morgan fingerprint density at radius 2 is 1.81 bits per heavy atom. The number of hydrogen-bond donors (Lipinski definition) is 0. The number of aromatic nitrogens is 1. The van der Waals surface area contributed by atoms with Gasteiger partial charge in [-0.05, 0) is 65.2 Å². The van der Waals surface area contributed by atoms with Crippen LogP contribution in [-0.2, 0) is 10.0 Å². The van der Waals surface area contributed by atoms with Gasteiger partial charge in [-0.2, -0.15) is 4.31 Å². The predicted octanol–water partition coefficient (Wildman–Crippen LogP) is 3.53. The maximum absolute atomic E-state index is 12.8. The average Bonchev–Trinajstić information content (AvgIpc) is 2.46. The van der Waals surface area contributed by atoms with Crippen molar-refractivity contribution < 1.29 is 8.42 Å². The first-order valence-corrected chi connectivity index (χ1v) is 8.71. The lowest BCUT2D eigenvalue weighted by Crippen LogP contribution is -2.30. The van der Waals surface area contributed by atoms with E-state index in [0.29, 0.717) is 4.47 Å². The van der Waals surface area contributed by atoms with Crippen LogP contribution in [0.1, 0.15) is 24.1 Å². The normalized spacial score (nSPS) is 13.4. The summed E-state index contributed by atoms with van der Waals surface area (Å²) in [6.07, 6.45) is 3.32. The first-order valence-electron chi connectivity index (χ1n) is 6.48. The fourth-order valence-corrected chi connectivity index (χ4v) is 4.53. The number of nitrogens with zero attached hydrogens (tertiary/aromatic N) is 2. The van der Waals surface area contributed by atoms with E-state index in [2.05, 4.69) is 20.9 Å². The molecule has 2 aromatic rings. The molecule has 0 fully saturated rings. The van der Waals surface area contributed by atoms with Crippen molar-refractivity contribution in [3.8, 4) is 0 Å². The Kier molecular flexibility index (Phi) is 4.81. The molecule has 0 spiro atoms. The second-order valence-electron chi connectivity index (χ2n) is 4.91. The molecule has 0 amide bonds. The van der Waals surface area contributed by atoms with E-state index in [1.54, 1.807) is 37.6 Å². The fourth-order valence-electron chi connectivity index (χ4n) is 2.03. The molecule has 1 aromatic heterocycles. The minimum absolute atomic E-state index is 0.272. The van der Waals surface area contributed by atoms with Crippen molar-refractivity contribution in [1.29, 1.82) is 0 Å². The number of aryl methyl sites for hydroxylation is 1. The molecular weight excluding hydrogens is 352 g/mol. The Morgan fingerprint density at radius 3 is 2.38 bits per heavy atom. The summed E-state index contributed by atoms with van der Waals surface area (Å²) in [5, 5.41) is 0. The Morgan fingerprint density at radius 1 is 1.19 bits per heavy atom. The SMILES string of the molecule is Cc1ccc(S(=O)(=O)N(C)C(C)c2ccncc2)c(Br)c1. The highest BCUT2D eigenvalue weighted by Crippen LogP contribution is 2.30. The largest absolute Gasteiger partial charge is 0.265 e. The number of halogens is 1. The van der Waals surface area contributed by atoms with Gasteiger partial charge in [-0.15, -0.1) is 0 Å². The molecule has 1 atom stereocenters. The molecule has 0 N–H and O–H groups in total. The van der Waals surface area contributed by atoms with Crippen LogP contribution in [0.25, 0.3) is 0 Å². The second kappa shape index (κ2) is 6.25. The Labute approximate surface area is 134 Å². The van der Waals surface area contributed by atoms with Gasteiger partial charge >= 0.3 is 0 Å². The number of hydrogen-bond acceptors (Lipinski definition) is 3. The monoisotopic (exact) mass is 368 g/mol. The molecule has 0 aliphatic carbocycles. The van der Waals surface area contributed by atoms with Crippen molar-refractivity contribution in [3.63, 3.8) is 0 Å². The minimum Gasteiger partial charge on any atom is -0.265 e. The topological polar surface area (TPSA) is 50.3 Å². The molecule has 21 heavy (non-hydrogen) atoms. The van der Waals surface area contributed by atoms with Gasteiger partial charge < -0.3 is 0 Å². The summed E-state index contributed by atoms with van der Waals surface area (Å²) in [6, 6.07) is 8.60. The summed E-state index contributed by atoms with van der Waals surface area (Å²) in [7, 11) is -1.98. The molecule has 4 nitrogen and oxygen atoms in total. The van der Waals surface area contributed by atoms with E-state index in [0.717, 1.165) is 11.1 Å². The summed E-state index contributed by atoms with van der Waals surface area (Å²) in [5.74, 6) is 0. The summed E-state index contributed by atoms with van der Waals surface area (Å²) >= 11 is 3.34. The van der Waals surface area contributed by atoms with Gasteiger partial charge in [0.2, 0.25) is 10.0 Å². The van der Waals surface area contributed by atoms with Crippen molar-refractivity contribution in [1.82, 2.24) is 9.29 Å². The molecule has 0 bridgehead atoms. The van der Waals surface area contributed by atoms with E-state index < -0.39 is 10.0 Å². The van der Waals surface area contributed by atoms with Crippen LogP contribution in [0.2, 0.25) is 0 Å². The average molecular weight is 369 g/mol. The standard InChI is InChI=1S/C15H17BrN2O2S/c1-11-4-5-15(14(16)10-11)21(19,20)18(3)12(2)13-6-8-17-9-7-13/h4-10,12H,1-3H3. The van der Waals surface area contributed by atoms with Crippen LogP contribution in [0.4, 0.5) is 0 Å². The zero-order valence-corrected chi connectivity index (χ0v) is 14.5. The third-order valence-corrected chi connectivity index (χ3v) is 6.38. The van der Waals surface area contributed by atoms with Gasteiger partial charge in [0, 0.05) is 30.0 Å². The van der Waals surface area contributed by atoms with Crippen molar-refractivity contribution in [3.05, 3.63) is 58.3 Å². The van der Waals surface area contributed by atoms with E-state index in [9.17, 15) is 8.42 Å². The van der Waals surface area contributed by atoms with Gasteiger partial charge in [-0.1, -0.05) is 6.07 Å². The molecule has 1 aromatic carbocycles. The van der Waals surface area contributed by atoms with E-state index in [-0.39, 0.29) is 10.9 Å². The van der Waals surface area contributed by atoms with E-state index >= 15 is 0 Å². The Balaban J connectivity index is 2.39. The highest BCUT2D eigenvalue weighted by molar-refractivity contribution is 9.10. The molecule has 0 aliphatic rings. The van der Waals surface area contributed by atoms with Crippen molar-refractivity contribution in [2.45, 2.75) is 24.8 Å². The molecule has 1 heterocycles. The zero-order valence-electron chi connectivity index (χ0n) is 12.1. The maximum atomic E-state index is 12.8. The van der Waals surface area contributed by atoms with Crippen LogP contribution >= 0.6 is 15.9 Å².